The molecule has 0 aliphatic carbocycles. The Morgan fingerprint density at radius 1 is 1.35 bits per heavy atom. The van der Waals surface area contributed by atoms with Crippen molar-refractivity contribution in [2.75, 3.05) is 39.4 Å². The van der Waals surface area contributed by atoms with Gasteiger partial charge in [0.15, 0.2) is 0 Å². The van der Waals surface area contributed by atoms with Crippen LogP contribution in [0.15, 0.2) is 12.1 Å². The average Bonchev–Trinajstić information content (AvgIpc) is 3.10. The Kier molecular flexibility index (Phi) is 4.35. The van der Waals surface area contributed by atoms with Crippen molar-refractivity contribution in [3.63, 3.8) is 0 Å². The maximum Gasteiger partial charge on any atom is 0.345 e. The Morgan fingerprint density at radius 3 is 2.85 bits per heavy atom. The van der Waals surface area contributed by atoms with E-state index in [1.165, 1.54) is 17.8 Å². The van der Waals surface area contributed by atoms with Gasteiger partial charge in [-0.15, -0.1) is 11.3 Å². The smallest absolute Gasteiger partial charge is 0.345 e. The highest BCUT2D eigenvalue weighted by Gasteiger charge is 2.28. The van der Waals surface area contributed by atoms with Crippen LogP contribution in [0, 0.1) is 0 Å². The Labute approximate surface area is 122 Å². The molecule has 20 heavy (non-hydrogen) atoms. The minimum atomic E-state index is -0.825. The second-order valence-electron chi connectivity index (χ2n) is 5.40. The lowest BCUT2D eigenvalue weighted by molar-refractivity contribution is 0.0184. The van der Waals surface area contributed by atoms with Crippen LogP contribution in [0.1, 0.15) is 21.0 Å². The van der Waals surface area contributed by atoms with E-state index in [4.69, 9.17) is 9.84 Å². The van der Waals surface area contributed by atoms with E-state index in [1.807, 2.05) is 6.07 Å². The fourth-order valence-corrected chi connectivity index (χ4v) is 3.88. The zero-order valence-corrected chi connectivity index (χ0v) is 12.3. The number of nitrogens with zero attached hydrogens (tertiary/aromatic N) is 2. The molecule has 3 rings (SSSR count). The molecule has 0 bridgehead atoms. The molecule has 1 N–H and O–H groups in total. The van der Waals surface area contributed by atoms with Crippen LogP contribution >= 0.6 is 11.3 Å². The predicted octanol–water partition coefficient (Wildman–Crippen LogP) is 1.35. The number of thiophene rings is 1. The minimum absolute atomic E-state index is 0.434. The first kappa shape index (κ1) is 14.0. The summed E-state index contributed by atoms with van der Waals surface area (Å²) in [4.78, 5) is 17.4. The molecule has 2 fully saturated rings. The quantitative estimate of drug-likeness (QED) is 0.909. The molecule has 1 aromatic rings. The van der Waals surface area contributed by atoms with Gasteiger partial charge in [0.05, 0.1) is 13.2 Å². The van der Waals surface area contributed by atoms with Gasteiger partial charge < -0.3 is 9.84 Å². The van der Waals surface area contributed by atoms with Crippen molar-refractivity contribution in [3.8, 4) is 0 Å². The molecule has 0 spiro atoms. The van der Waals surface area contributed by atoms with Crippen molar-refractivity contribution >= 4 is 17.3 Å². The third kappa shape index (κ3) is 3.20. The van der Waals surface area contributed by atoms with Gasteiger partial charge in [-0.3, -0.25) is 9.80 Å². The molecule has 110 valence electrons. The molecule has 0 amide bonds. The van der Waals surface area contributed by atoms with E-state index in [0.717, 1.165) is 50.8 Å². The minimum Gasteiger partial charge on any atom is -0.477 e. The summed E-state index contributed by atoms with van der Waals surface area (Å²) in [6, 6.07) is 4.28. The molecule has 2 aliphatic heterocycles. The first-order valence-electron chi connectivity index (χ1n) is 7.08. The number of hydrogen-bond donors (Lipinski definition) is 1. The van der Waals surface area contributed by atoms with Gasteiger partial charge in [-0.25, -0.2) is 4.79 Å². The number of carbonyl (C=O) groups is 1. The van der Waals surface area contributed by atoms with E-state index >= 15 is 0 Å². The van der Waals surface area contributed by atoms with Crippen molar-refractivity contribution in [2.24, 2.45) is 0 Å². The summed E-state index contributed by atoms with van der Waals surface area (Å²) in [5.41, 5.74) is 0. The highest BCUT2D eigenvalue weighted by Crippen LogP contribution is 2.23. The van der Waals surface area contributed by atoms with Crippen LogP contribution < -0.4 is 0 Å². The van der Waals surface area contributed by atoms with Crippen molar-refractivity contribution < 1.29 is 14.6 Å². The second kappa shape index (κ2) is 6.22. The van der Waals surface area contributed by atoms with Crippen molar-refractivity contribution in [3.05, 3.63) is 21.9 Å². The summed E-state index contributed by atoms with van der Waals surface area (Å²) in [7, 11) is 0. The Bertz CT molecular complexity index is 471. The monoisotopic (exact) mass is 296 g/mol. The van der Waals surface area contributed by atoms with Gasteiger partial charge in [0.2, 0.25) is 0 Å². The van der Waals surface area contributed by atoms with Crippen LogP contribution in [0.4, 0.5) is 0 Å². The molecule has 1 unspecified atom stereocenters. The van der Waals surface area contributed by atoms with Gasteiger partial charge >= 0.3 is 5.97 Å². The number of morpholine rings is 1. The molecule has 0 radical (unpaired) electrons. The van der Waals surface area contributed by atoms with Crippen molar-refractivity contribution in [1.29, 1.82) is 0 Å². The van der Waals surface area contributed by atoms with Crippen LogP contribution in [0.2, 0.25) is 0 Å². The molecule has 0 aromatic carbocycles. The number of aromatic carboxylic acids is 1. The second-order valence-corrected chi connectivity index (χ2v) is 6.57. The zero-order valence-electron chi connectivity index (χ0n) is 11.5. The zero-order chi connectivity index (χ0) is 13.9. The number of carboxylic acid groups (broad SMARTS) is 1. The summed E-state index contributed by atoms with van der Waals surface area (Å²) in [6.07, 6.45) is 1.21. The molecule has 3 heterocycles. The van der Waals surface area contributed by atoms with Crippen LogP contribution in [-0.4, -0.2) is 66.3 Å². The van der Waals surface area contributed by atoms with Gasteiger partial charge in [0.25, 0.3) is 0 Å². The number of ether oxygens (including phenoxy) is 1. The Morgan fingerprint density at radius 2 is 2.15 bits per heavy atom. The summed E-state index contributed by atoms with van der Waals surface area (Å²) in [5, 5.41) is 8.95. The summed E-state index contributed by atoms with van der Waals surface area (Å²) in [5.74, 6) is -0.825. The largest absolute Gasteiger partial charge is 0.477 e. The van der Waals surface area contributed by atoms with Gasteiger partial charge in [0.1, 0.15) is 4.88 Å². The van der Waals surface area contributed by atoms with E-state index in [2.05, 4.69) is 9.80 Å². The van der Waals surface area contributed by atoms with Gasteiger partial charge in [-0.1, -0.05) is 0 Å². The molecule has 1 aromatic heterocycles. The fraction of sp³-hybridized carbons (Fsp3) is 0.643. The lowest BCUT2D eigenvalue weighted by atomic mass is 10.2. The summed E-state index contributed by atoms with van der Waals surface area (Å²) >= 11 is 1.39. The highest BCUT2D eigenvalue weighted by molar-refractivity contribution is 7.13. The molecule has 1 atom stereocenters. The SMILES string of the molecule is O=C(O)c1ccc(CN2CCC(N3CCOCC3)C2)s1. The van der Waals surface area contributed by atoms with E-state index in [-0.39, 0.29) is 0 Å². The number of hydrogen-bond acceptors (Lipinski definition) is 5. The topological polar surface area (TPSA) is 53.0 Å². The molecular weight excluding hydrogens is 276 g/mol. The van der Waals surface area contributed by atoms with E-state index < -0.39 is 5.97 Å². The summed E-state index contributed by atoms with van der Waals surface area (Å²) in [6.45, 7) is 6.84. The van der Waals surface area contributed by atoms with E-state index in [1.54, 1.807) is 6.07 Å². The summed E-state index contributed by atoms with van der Waals surface area (Å²) < 4.78 is 5.40. The molecule has 5 nitrogen and oxygen atoms in total. The third-order valence-electron chi connectivity index (χ3n) is 4.06. The normalized spacial score (nSPS) is 25.1. The van der Waals surface area contributed by atoms with Crippen molar-refractivity contribution in [2.45, 2.75) is 19.0 Å². The molecule has 6 heteroatoms. The molecular formula is C14H20N2O3S. The van der Waals surface area contributed by atoms with Crippen LogP contribution in [0.25, 0.3) is 0 Å². The predicted molar refractivity (Wildman–Crippen MR) is 77.4 cm³/mol. The van der Waals surface area contributed by atoms with Crippen molar-refractivity contribution in [1.82, 2.24) is 9.80 Å². The van der Waals surface area contributed by atoms with Gasteiger partial charge in [-0.05, 0) is 18.6 Å². The van der Waals surface area contributed by atoms with Gasteiger partial charge in [-0.2, -0.15) is 0 Å². The fourth-order valence-electron chi connectivity index (χ4n) is 2.99. The Balaban J connectivity index is 1.52. The standard InChI is InChI=1S/C14H20N2O3S/c17-14(18)13-2-1-12(20-13)10-15-4-3-11(9-15)16-5-7-19-8-6-16/h1-2,11H,3-10H2,(H,17,18). The number of likely N-dealkylation sites (tertiary alicyclic amines) is 1. The van der Waals surface area contributed by atoms with E-state index in [9.17, 15) is 4.79 Å². The number of carboxylic acids is 1. The average molecular weight is 296 g/mol. The highest BCUT2D eigenvalue weighted by atomic mass is 32.1. The maximum absolute atomic E-state index is 10.9. The van der Waals surface area contributed by atoms with E-state index in [0.29, 0.717) is 10.9 Å². The van der Waals surface area contributed by atoms with Crippen LogP contribution in [0.5, 0.6) is 0 Å². The lowest BCUT2D eigenvalue weighted by Gasteiger charge is -2.32. The number of rotatable bonds is 4. The molecule has 2 saturated heterocycles. The molecule has 0 saturated carbocycles. The van der Waals surface area contributed by atoms with Gasteiger partial charge in [0, 0.05) is 43.6 Å². The maximum atomic E-state index is 10.9. The first-order chi connectivity index (χ1) is 9.72. The van der Waals surface area contributed by atoms with Crippen LogP contribution in [0.3, 0.4) is 0 Å². The lowest BCUT2D eigenvalue weighted by Crippen LogP contribution is -2.44. The first-order valence-corrected chi connectivity index (χ1v) is 7.90. The Hall–Kier alpha value is -0.950. The molecule has 2 aliphatic rings. The third-order valence-corrected chi connectivity index (χ3v) is 5.12. The van der Waals surface area contributed by atoms with Crippen LogP contribution in [-0.2, 0) is 11.3 Å².